The van der Waals surface area contributed by atoms with E-state index >= 15 is 0 Å². The third-order valence-electron chi connectivity index (χ3n) is 3.52. The molecule has 74 valence electrons. The van der Waals surface area contributed by atoms with Crippen molar-refractivity contribution in [2.45, 2.75) is 25.8 Å². The summed E-state index contributed by atoms with van der Waals surface area (Å²) < 4.78 is 0. The first kappa shape index (κ1) is 8.42. The van der Waals surface area contributed by atoms with Crippen molar-refractivity contribution in [1.82, 2.24) is 10.3 Å². The Hall–Kier alpha value is -0.890. The third-order valence-corrected chi connectivity index (χ3v) is 3.52. The number of hydrogen-bond acceptors (Lipinski definition) is 2. The Balaban J connectivity index is 1.78. The van der Waals surface area contributed by atoms with E-state index in [-0.39, 0.29) is 0 Å². The summed E-state index contributed by atoms with van der Waals surface area (Å²) in [6.45, 7) is 3.25. The quantitative estimate of drug-likeness (QED) is 0.768. The van der Waals surface area contributed by atoms with Crippen LogP contribution in [0.5, 0.6) is 0 Å². The molecule has 1 aliphatic carbocycles. The minimum atomic E-state index is 0.593. The Kier molecular flexibility index (Phi) is 1.84. The SMILES string of the molecule is Cc1ccc(C2NCC2C2CC2)cn1. The van der Waals surface area contributed by atoms with Gasteiger partial charge in [-0.25, -0.2) is 0 Å². The summed E-state index contributed by atoms with van der Waals surface area (Å²) in [4.78, 5) is 4.36. The number of nitrogens with one attached hydrogen (secondary N) is 1. The number of aryl methyl sites for hydroxylation is 1. The molecule has 2 aliphatic rings. The van der Waals surface area contributed by atoms with E-state index in [9.17, 15) is 0 Å². The molecular formula is C12H16N2. The summed E-state index contributed by atoms with van der Waals surface area (Å²) >= 11 is 0. The van der Waals surface area contributed by atoms with Crippen LogP contribution in [-0.4, -0.2) is 11.5 Å². The van der Waals surface area contributed by atoms with Crippen LogP contribution in [0.4, 0.5) is 0 Å². The van der Waals surface area contributed by atoms with E-state index in [1.165, 1.54) is 24.9 Å². The zero-order chi connectivity index (χ0) is 9.54. The highest BCUT2D eigenvalue weighted by molar-refractivity contribution is 5.21. The molecule has 0 aromatic carbocycles. The lowest BCUT2D eigenvalue weighted by Gasteiger charge is -2.38. The molecular weight excluding hydrogens is 172 g/mol. The normalized spacial score (nSPS) is 31.2. The molecule has 1 saturated heterocycles. The number of aromatic nitrogens is 1. The molecule has 2 unspecified atom stereocenters. The van der Waals surface area contributed by atoms with Crippen molar-refractivity contribution in [1.29, 1.82) is 0 Å². The molecule has 2 fully saturated rings. The minimum absolute atomic E-state index is 0.593. The predicted octanol–water partition coefficient (Wildman–Crippen LogP) is 2.06. The fourth-order valence-electron chi connectivity index (χ4n) is 2.36. The Bertz CT molecular complexity index is 327. The molecule has 2 heteroatoms. The highest BCUT2D eigenvalue weighted by Crippen LogP contribution is 2.46. The summed E-state index contributed by atoms with van der Waals surface area (Å²) in [6, 6.07) is 4.92. The Morgan fingerprint density at radius 1 is 1.36 bits per heavy atom. The highest BCUT2D eigenvalue weighted by Gasteiger charge is 2.42. The first-order chi connectivity index (χ1) is 6.84. The van der Waals surface area contributed by atoms with Crippen molar-refractivity contribution in [2.75, 3.05) is 6.54 Å². The maximum absolute atomic E-state index is 4.36. The van der Waals surface area contributed by atoms with Gasteiger partial charge in [-0.2, -0.15) is 0 Å². The highest BCUT2D eigenvalue weighted by atomic mass is 15.0. The standard InChI is InChI=1S/C12H16N2/c1-8-2-3-10(6-13-8)12-11(7-14-12)9-4-5-9/h2-3,6,9,11-12,14H,4-5,7H2,1H3. The van der Waals surface area contributed by atoms with Gasteiger partial charge < -0.3 is 5.32 Å². The summed E-state index contributed by atoms with van der Waals surface area (Å²) in [5, 5.41) is 3.51. The molecule has 2 heterocycles. The second-order valence-corrected chi connectivity index (χ2v) is 4.62. The summed E-state index contributed by atoms with van der Waals surface area (Å²) in [5.74, 6) is 1.89. The molecule has 0 spiro atoms. The third kappa shape index (κ3) is 1.34. The molecule has 1 N–H and O–H groups in total. The first-order valence-corrected chi connectivity index (χ1v) is 5.50. The Labute approximate surface area is 84.7 Å². The Morgan fingerprint density at radius 2 is 2.21 bits per heavy atom. The van der Waals surface area contributed by atoms with Crippen molar-refractivity contribution >= 4 is 0 Å². The van der Waals surface area contributed by atoms with Gasteiger partial charge in [0.05, 0.1) is 0 Å². The van der Waals surface area contributed by atoms with E-state index in [2.05, 4.69) is 22.4 Å². The molecule has 0 bridgehead atoms. The van der Waals surface area contributed by atoms with E-state index in [1.54, 1.807) is 0 Å². The minimum Gasteiger partial charge on any atom is -0.309 e. The summed E-state index contributed by atoms with van der Waals surface area (Å²) in [6.07, 6.45) is 4.92. The van der Waals surface area contributed by atoms with Crippen molar-refractivity contribution < 1.29 is 0 Å². The van der Waals surface area contributed by atoms with E-state index in [0.717, 1.165) is 17.5 Å². The van der Waals surface area contributed by atoms with Gasteiger partial charge in [0.25, 0.3) is 0 Å². The van der Waals surface area contributed by atoms with Gasteiger partial charge in [-0.05, 0) is 43.2 Å². The number of rotatable bonds is 2. The van der Waals surface area contributed by atoms with Gasteiger partial charge in [0, 0.05) is 24.5 Å². The van der Waals surface area contributed by atoms with Crippen LogP contribution in [0.15, 0.2) is 18.3 Å². The van der Waals surface area contributed by atoms with Crippen LogP contribution in [0.3, 0.4) is 0 Å². The Morgan fingerprint density at radius 3 is 2.71 bits per heavy atom. The van der Waals surface area contributed by atoms with E-state index in [4.69, 9.17) is 0 Å². The number of hydrogen-bond donors (Lipinski definition) is 1. The van der Waals surface area contributed by atoms with Crippen LogP contribution in [0.25, 0.3) is 0 Å². The molecule has 0 amide bonds. The lowest BCUT2D eigenvalue weighted by Crippen LogP contribution is -2.46. The monoisotopic (exact) mass is 188 g/mol. The van der Waals surface area contributed by atoms with Crippen molar-refractivity contribution in [2.24, 2.45) is 11.8 Å². The summed E-state index contributed by atoms with van der Waals surface area (Å²) in [7, 11) is 0. The predicted molar refractivity (Wildman–Crippen MR) is 55.9 cm³/mol. The molecule has 14 heavy (non-hydrogen) atoms. The molecule has 2 nitrogen and oxygen atoms in total. The zero-order valence-electron chi connectivity index (χ0n) is 8.53. The van der Waals surface area contributed by atoms with Gasteiger partial charge in [0.1, 0.15) is 0 Å². The smallest absolute Gasteiger partial charge is 0.0378 e. The fraction of sp³-hybridized carbons (Fsp3) is 0.583. The van der Waals surface area contributed by atoms with Gasteiger partial charge in [0.2, 0.25) is 0 Å². The van der Waals surface area contributed by atoms with Crippen LogP contribution in [0.2, 0.25) is 0 Å². The summed E-state index contributed by atoms with van der Waals surface area (Å²) in [5.41, 5.74) is 2.48. The van der Waals surface area contributed by atoms with Gasteiger partial charge >= 0.3 is 0 Å². The van der Waals surface area contributed by atoms with Crippen LogP contribution >= 0.6 is 0 Å². The molecule has 0 radical (unpaired) electrons. The van der Waals surface area contributed by atoms with E-state index in [0.29, 0.717) is 6.04 Å². The van der Waals surface area contributed by atoms with E-state index in [1.807, 2.05) is 13.1 Å². The van der Waals surface area contributed by atoms with Crippen LogP contribution in [0, 0.1) is 18.8 Å². The molecule has 2 atom stereocenters. The number of pyridine rings is 1. The lowest BCUT2D eigenvalue weighted by atomic mass is 9.83. The largest absolute Gasteiger partial charge is 0.309 e. The average Bonchev–Trinajstić information content (AvgIpc) is 2.91. The second kappa shape index (κ2) is 3.06. The second-order valence-electron chi connectivity index (χ2n) is 4.62. The van der Waals surface area contributed by atoms with Crippen molar-refractivity contribution in [3.05, 3.63) is 29.6 Å². The van der Waals surface area contributed by atoms with Crippen LogP contribution < -0.4 is 5.32 Å². The van der Waals surface area contributed by atoms with Crippen LogP contribution in [0.1, 0.15) is 30.1 Å². The van der Waals surface area contributed by atoms with Crippen molar-refractivity contribution in [3.63, 3.8) is 0 Å². The fourth-order valence-corrected chi connectivity index (χ4v) is 2.36. The molecule has 3 rings (SSSR count). The van der Waals surface area contributed by atoms with E-state index < -0.39 is 0 Å². The molecule has 1 aromatic rings. The maximum atomic E-state index is 4.36. The lowest BCUT2D eigenvalue weighted by molar-refractivity contribution is 0.206. The van der Waals surface area contributed by atoms with Crippen LogP contribution in [-0.2, 0) is 0 Å². The average molecular weight is 188 g/mol. The molecule has 1 saturated carbocycles. The topological polar surface area (TPSA) is 24.9 Å². The molecule has 1 aromatic heterocycles. The zero-order valence-corrected chi connectivity index (χ0v) is 8.53. The molecule has 1 aliphatic heterocycles. The van der Waals surface area contributed by atoms with Gasteiger partial charge in [-0.15, -0.1) is 0 Å². The van der Waals surface area contributed by atoms with Gasteiger partial charge in [-0.1, -0.05) is 6.07 Å². The van der Waals surface area contributed by atoms with Gasteiger partial charge in [0.15, 0.2) is 0 Å². The first-order valence-electron chi connectivity index (χ1n) is 5.50. The number of nitrogens with zero attached hydrogens (tertiary/aromatic N) is 1. The maximum Gasteiger partial charge on any atom is 0.0378 e. The van der Waals surface area contributed by atoms with Crippen molar-refractivity contribution in [3.8, 4) is 0 Å². The van der Waals surface area contributed by atoms with Gasteiger partial charge in [-0.3, -0.25) is 4.98 Å².